The maximum Gasteiger partial charge on any atom is 0.410 e. The van der Waals surface area contributed by atoms with Crippen LogP contribution in [0.25, 0.3) is 11.3 Å². The Labute approximate surface area is 214 Å². The monoisotopic (exact) mass is 493 g/mol. The van der Waals surface area contributed by atoms with E-state index in [1.54, 1.807) is 4.90 Å². The summed E-state index contributed by atoms with van der Waals surface area (Å²) in [5.41, 5.74) is 3.91. The topological polar surface area (TPSA) is 80.8 Å². The number of pyridine rings is 1. The highest BCUT2D eigenvalue weighted by atomic mass is 16.6. The first-order valence-corrected chi connectivity index (χ1v) is 13.1. The third kappa shape index (κ3) is 6.56. The van der Waals surface area contributed by atoms with Gasteiger partial charge in [-0.15, -0.1) is 0 Å². The first-order valence-electron chi connectivity index (χ1n) is 13.1. The Kier molecular flexibility index (Phi) is 7.86. The van der Waals surface area contributed by atoms with Gasteiger partial charge >= 0.3 is 6.09 Å². The summed E-state index contributed by atoms with van der Waals surface area (Å²) in [5.74, 6) is 0.979. The molecule has 2 amide bonds. The fourth-order valence-electron chi connectivity index (χ4n) is 5.02. The van der Waals surface area contributed by atoms with Crippen molar-refractivity contribution in [2.45, 2.75) is 90.8 Å². The Morgan fingerprint density at radius 3 is 2.25 bits per heavy atom. The number of carbonyl (C=O) groups excluding carboxylic acids is 2. The van der Waals surface area contributed by atoms with Crippen LogP contribution in [0.4, 0.5) is 10.5 Å². The lowest BCUT2D eigenvalue weighted by Gasteiger charge is -2.33. The van der Waals surface area contributed by atoms with Crippen molar-refractivity contribution >= 4 is 17.7 Å². The molecule has 0 unspecified atom stereocenters. The van der Waals surface area contributed by atoms with Crippen LogP contribution in [-0.2, 0) is 9.53 Å². The molecule has 7 heteroatoms. The summed E-state index contributed by atoms with van der Waals surface area (Å²) in [6.45, 7) is 10.4. The van der Waals surface area contributed by atoms with Gasteiger partial charge in [0, 0.05) is 37.2 Å². The first kappa shape index (κ1) is 26.0. The van der Waals surface area contributed by atoms with Crippen LogP contribution in [0.2, 0.25) is 0 Å². The molecule has 2 aliphatic rings. The van der Waals surface area contributed by atoms with Gasteiger partial charge in [-0.2, -0.15) is 0 Å². The predicted octanol–water partition coefficient (Wildman–Crippen LogP) is 6.45. The molecule has 0 bridgehead atoms. The second-order valence-electron chi connectivity index (χ2n) is 11.1. The molecule has 1 aromatic heterocycles. The number of benzene rings is 1. The molecule has 1 aromatic carbocycles. The van der Waals surface area contributed by atoms with Crippen molar-refractivity contribution in [1.29, 1.82) is 0 Å². The lowest BCUT2D eigenvalue weighted by molar-refractivity contribution is -0.114. The Morgan fingerprint density at radius 2 is 1.67 bits per heavy atom. The van der Waals surface area contributed by atoms with Crippen LogP contribution in [0.15, 0.2) is 30.3 Å². The van der Waals surface area contributed by atoms with E-state index in [1.807, 2.05) is 52.0 Å². The number of rotatable bonds is 5. The molecule has 2 heterocycles. The van der Waals surface area contributed by atoms with Crippen molar-refractivity contribution in [2.24, 2.45) is 0 Å². The van der Waals surface area contributed by atoms with Crippen molar-refractivity contribution < 1.29 is 19.1 Å². The highest BCUT2D eigenvalue weighted by Crippen LogP contribution is 2.36. The smallest absolute Gasteiger partial charge is 0.410 e. The summed E-state index contributed by atoms with van der Waals surface area (Å²) in [5, 5.41) is 2.99. The van der Waals surface area contributed by atoms with Gasteiger partial charge in [0.25, 0.3) is 0 Å². The Balaban J connectivity index is 1.54. The highest BCUT2D eigenvalue weighted by molar-refractivity contribution is 5.94. The highest BCUT2D eigenvalue weighted by Gasteiger charge is 2.29. The summed E-state index contributed by atoms with van der Waals surface area (Å²) < 4.78 is 11.7. The summed E-state index contributed by atoms with van der Waals surface area (Å²) in [6, 6.07) is 10.1. The summed E-state index contributed by atoms with van der Waals surface area (Å²) >= 11 is 0. The largest absolute Gasteiger partial charge is 0.490 e. The fourth-order valence-corrected chi connectivity index (χ4v) is 5.02. The second kappa shape index (κ2) is 10.9. The molecule has 0 radical (unpaired) electrons. The number of hydrogen-bond donors (Lipinski definition) is 1. The van der Waals surface area contributed by atoms with Crippen molar-refractivity contribution in [2.75, 3.05) is 18.4 Å². The SMILES string of the molecule is CC(=O)Nc1c(C)cc(C2CCN(C(=O)OC(C)(C)C)CC2)nc1-c1ccc(OC2CCCC2)cc1. The molecule has 0 spiro atoms. The van der Waals surface area contributed by atoms with Gasteiger partial charge in [0.1, 0.15) is 11.4 Å². The van der Waals surface area contributed by atoms with Gasteiger partial charge in [0.05, 0.1) is 17.5 Å². The maximum absolute atomic E-state index is 12.5. The van der Waals surface area contributed by atoms with E-state index >= 15 is 0 Å². The molecule has 0 atom stereocenters. The van der Waals surface area contributed by atoms with Gasteiger partial charge in [-0.25, -0.2) is 4.79 Å². The van der Waals surface area contributed by atoms with Gasteiger partial charge in [0.2, 0.25) is 5.91 Å². The van der Waals surface area contributed by atoms with Crippen LogP contribution in [0, 0.1) is 6.92 Å². The molecule has 36 heavy (non-hydrogen) atoms. The van der Waals surface area contributed by atoms with Crippen LogP contribution in [0.5, 0.6) is 5.75 Å². The zero-order valence-corrected chi connectivity index (χ0v) is 22.2. The Bertz CT molecular complexity index is 1080. The molecular weight excluding hydrogens is 454 g/mol. The zero-order chi connectivity index (χ0) is 25.9. The molecule has 1 saturated carbocycles. The molecule has 1 aliphatic heterocycles. The minimum Gasteiger partial charge on any atom is -0.490 e. The van der Waals surface area contributed by atoms with E-state index in [2.05, 4.69) is 11.4 Å². The van der Waals surface area contributed by atoms with Crippen LogP contribution < -0.4 is 10.1 Å². The number of ether oxygens (including phenoxy) is 2. The van der Waals surface area contributed by atoms with Crippen LogP contribution in [0.1, 0.15) is 83.4 Å². The molecule has 7 nitrogen and oxygen atoms in total. The number of nitrogens with one attached hydrogen (secondary N) is 1. The summed E-state index contributed by atoms with van der Waals surface area (Å²) in [7, 11) is 0. The number of hydrogen-bond acceptors (Lipinski definition) is 5. The molecule has 2 aromatic rings. The van der Waals surface area contributed by atoms with Gasteiger partial charge in [0.15, 0.2) is 0 Å². The van der Waals surface area contributed by atoms with Crippen LogP contribution >= 0.6 is 0 Å². The summed E-state index contributed by atoms with van der Waals surface area (Å²) in [4.78, 5) is 31.3. The molecule has 4 rings (SSSR count). The number of aromatic nitrogens is 1. The van der Waals surface area contributed by atoms with E-state index in [0.717, 1.165) is 59.6 Å². The summed E-state index contributed by atoms with van der Waals surface area (Å²) in [6.07, 6.45) is 6.38. The average Bonchev–Trinajstić information content (AvgIpc) is 3.33. The number of carbonyl (C=O) groups is 2. The van der Waals surface area contributed by atoms with Crippen molar-refractivity contribution in [3.63, 3.8) is 0 Å². The molecule has 2 fully saturated rings. The number of anilines is 1. The van der Waals surface area contributed by atoms with Gasteiger partial charge in [-0.05, 0) is 102 Å². The number of piperidine rings is 1. The van der Waals surface area contributed by atoms with E-state index in [4.69, 9.17) is 14.5 Å². The maximum atomic E-state index is 12.5. The van der Waals surface area contributed by atoms with Crippen molar-refractivity contribution in [1.82, 2.24) is 9.88 Å². The number of likely N-dealkylation sites (tertiary alicyclic amines) is 1. The number of aryl methyl sites for hydroxylation is 1. The van der Waals surface area contributed by atoms with Gasteiger partial charge in [-0.3, -0.25) is 9.78 Å². The van der Waals surface area contributed by atoms with Gasteiger partial charge in [-0.1, -0.05) is 0 Å². The third-order valence-corrected chi connectivity index (χ3v) is 6.84. The number of nitrogens with zero attached hydrogens (tertiary/aromatic N) is 2. The van der Waals surface area contributed by atoms with E-state index in [-0.39, 0.29) is 17.9 Å². The standard InChI is InChI=1S/C29H39N3O4/c1-19-18-25(21-14-16-32(17-15-21)28(34)36-29(3,4)5)31-27(26(19)30-20(2)33)22-10-12-24(13-11-22)35-23-8-6-7-9-23/h10-13,18,21,23H,6-9,14-17H2,1-5H3,(H,30,33). The van der Waals surface area contributed by atoms with Crippen LogP contribution in [-0.4, -0.2) is 46.7 Å². The third-order valence-electron chi connectivity index (χ3n) is 6.84. The fraction of sp³-hybridized carbons (Fsp3) is 0.552. The normalized spacial score (nSPS) is 17.2. The minimum atomic E-state index is -0.501. The molecule has 1 saturated heterocycles. The Morgan fingerprint density at radius 1 is 1.03 bits per heavy atom. The van der Waals surface area contributed by atoms with Crippen molar-refractivity contribution in [3.05, 3.63) is 41.6 Å². The predicted molar refractivity (Wildman–Crippen MR) is 141 cm³/mol. The number of amides is 2. The first-order chi connectivity index (χ1) is 17.1. The van der Waals surface area contributed by atoms with Crippen LogP contribution in [0.3, 0.4) is 0 Å². The molecule has 1 aliphatic carbocycles. The molecule has 1 N–H and O–H groups in total. The quantitative estimate of drug-likeness (QED) is 0.518. The molecular formula is C29H39N3O4. The van der Waals surface area contributed by atoms with E-state index in [0.29, 0.717) is 19.2 Å². The van der Waals surface area contributed by atoms with E-state index in [1.165, 1.54) is 19.8 Å². The van der Waals surface area contributed by atoms with E-state index in [9.17, 15) is 9.59 Å². The zero-order valence-electron chi connectivity index (χ0n) is 22.2. The van der Waals surface area contributed by atoms with E-state index < -0.39 is 5.60 Å². The lowest BCUT2D eigenvalue weighted by atomic mass is 9.91. The average molecular weight is 494 g/mol. The Hall–Kier alpha value is -3.09. The second-order valence-corrected chi connectivity index (χ2v) is 11.1. The van der Waals surface area contributed by atoms with Crippen molar-refractivity contribution in [3.8, 4) is 17.0 Å². The van der Waals surface area contributed by atoms with Gasteiger partial charge < -0.3 is 19.7 Å². The minimum absolute atomic E-state index is 0.124. The lowest BCUT2D eigenvalue weighted by Crippen LogP contribution is -2.41. The molecule has 194 valence electrons.